The highest BCUT2D eigenvalue weighted by molar-refractivity contribution is 6.00. The van der Waals surface area contributed by atoms with Crippen LogP contribution in [-0.4, -0.2) is 29.4 Å². The molecule has 0 atom stereocenters. The Hall–Kier alpha value is -2.20. The van der Waals surface area contributed by atoms with E-state index < -0.39 is 5.60 Å². The van der Waals surface area contributed by atoms with E-state index in [0.29, 0.717) is 17.7 Å². The van der Waals surface area contributed by atoms with Crippen molar-refractivity contribution in [3.05, 3.63) is 65.5 Å². The normalized spacial score (nSPS) is 19.8. The van der Waals surface area contributed by atoms with Gasteiger partial charge in [-0.15, -0.1) is 0 Å². The van der Waals surface area contributed by atoms with Crippen molar-refractivity contribution in [2.24, 2.45) is 0 Å². The van der Waals surface area contributed by atoms with Gasteiger partial charge in [0.15, 0.2) is 5.78 Å². The summed E-state index contributed by atoms with van der Waals surface area (Å²) in [5, 5.41) is 0. The van der Waals surface area contributed by atoms with Crippen LogP contribution in [-0.2, 0) is 6.54 Å². The first-order chi connectivity index (χ1) is 11.6. The Morgan fingerprint density at radius 1 is 1.08 bits per heavy atom. The predicted octanol–water partition coefficient (Wildman–Crippen LogP) is 3.83. The van der Waals surface area contributed by atoms with Gasteiger partial charge in [0.05, 0.1) is 12.0 Å². The molecule has 2 aliphatic rings. The van der Waals surface area contributed by atoms with Crippen molar-refractivity contribution < 1.29 is 13.9 Å². The summed E-state index contributed by atoms with van der Waals surface area (Å²) in [6.45, 7) is 2.73. The molecule has 2 aromatic carbocycles. The zero-order chi connectivity index (χ0) is 16.6. The number of Topliss-reactive ketones (excluding diaryl/α,β-unsaturated/α-hetero) is 1. The molecule has 4 heteroatoms. The Balaban J connectivity index is 1.45. The van der Waals surface area contributed by atoms with Gasteiger partial charge < -0.3 is 4.74 Å². The minimum atomic E-state index is -0.422. The number of ether oxygens (including phenoxy) is 1. The third-order valence-electron chi connectivity index (χ3n) is 5.07. The molecule has 3 nitrogen and oxygen atoms in total. The first kappa shape index (κ1) is 15.3. The van der Waals surface area contributed by atoms with Crippen LogP contribution in [0.1, 0.15) is 35.2 Å². The number of likely N-dealkylation sites (tertiary alicyclic amines) is 1. The second-order valence-electron chi connectivity index (χ2n) is 6.79. The summed E-state index contributed by atoms with van der Waals surface area (Å²) in [7, 11) is 0. The van der Waals surface area contributed by atoms with Gasteiger partial charge in [0.25, 0.3) is 0 Å². The van der Waals surface area contributed by atoms with E-state index in [1.807, 2.05) is 6.07 Å². The SMILES string of the molecule is O=C1CC2(CCN(Cc3ccccc3)CC2)Oc2ccc(F)cc21. The van der Waals surface area contributed by atoms with Crippen LogP contribution >= 0.6 is 0 Å². The van der Waals surface area contributed by atoms with Crippen molar-refractivity contribution in [2.75, 3.05) is 13.1 Å². The highest BCUT2D eigenvalue weighted by Gasteiger charge is 2.42. The first-order valence-electron chi connectivity index (χ1n) is 8.42. The number of hydrogen-bond acceptors (Lipinski definition) is 3. The Labute approximate surface area is 141 Å². The lowest BCUT2D eigenvalue weighted by Gasteiger charge is -2.44. The van der Waals surface area contributed by atoms with Gasteiger partial charge in [-0.05, 0) is 23.8 Å². The lowest BCUT2D eigenvalue weighted by Crippen LogP contribution is -2.50. The van der Waals surface area contributed by atoms with Gasteiger partial charge in [-0.25, -0.2) is 4.39 Å². The monoisotopic (exact) mass is 325 g/mol. The molecule has 1 spiro atoms. The minimum absolute atomic E-state index is 0.00717. The summed E-state index contributed by atoms with van der Waals surface area (Å²) in [6.07, 6.45) is 1.99. The fraction of sp³-hybridized carbons (Fsp3) is 0.350. The van der Waals surface area contributed by atoms with Crippen LogP contribution in [0.15, 0.2) is 48.5 Å². The summed E-state index contributed by atoms with van der Waals surface area (Å²) in [5.74, 6) is 0.135. The molecule has 0 bridgehead atoms. The molecule has 0 unspecified atom stereocenters. The van der Waals surface area contributed by atoms with Crippen LogP contribution in [0, 0.1) is 5.82 Å². The number of fused-ring (bicyclic) bond motifs is 1. The van der Waals surface area contributed by atoms with E-state index in [2.05, 4.69) is 29.2 Å². The number of halogens is 1. The van der Waals surface area contributed by atoms with Gasteiger partial charge in [0.1, 0.15) is 17.2 Å². The van der Waals surface area contributed by atoms with E-state index in [4.69, 9.17) is 4.74 Å². The van der Waals surface area contributed by atoms with E-state index in [-0.39, 0.29) is 11.6 Å². The summed E-state index contributed by atoms with van der Waals surface area (Å²) in [6, 6.07) is 14.6. The van der Waals surface area contributed by atoms with Gasteiger partial charge in [0, 0.05) is 32.5 Å². The average molecular weight is 325 g/mol. The molecular weight excluding hydrogens is 305 g/mol. The van der Waals surface area contributed by atoms with Gasteiger partial charge in [-0.2, -0.15) is 0 Å². The molecule has 0 amide bonds. The molecule has 124 valence electrons. The molecule has 0 saturated carbocycles. The predicted molar refractivity (Wildman–Crippen MR) is 89.7 cm³/mol. The molecule has 1 fully saturated rings. The lowest BCUT2D eigenvalue weighted by atomic mass is 9.82. The Bertz CT molecular complexity index is 751. The zero-order valence-electron chi connectivity index (χ0n) is 13.5. The quantitative estimate of drug-likeness (QED) is 0.840. The molecular formula is C20H20FNO2. The number of carbonyl (C=O) groups excluding carboxylic acids is 1. The number of carbonyl (C=O) groups is 1. The summed E-state index contributed by atoms with van der Waals surface area (Å²) >= 11 is 0. The van der Waals surface area contributed by atoms with Crippen molar-refractivity contribution in [3.63, 3.8) is 0 Å². The number of nitrogens with zero attached hydrogens (tertiary/aromatic N) is 1. The molecule has 0 aromatic heterocycles. The minimum Gasteiger partial charge on any atom is -0.486 e. The van der Waals surface area contributed by atoms with Crippen LogP contribution in [0.25, 0.3) is 0 Å². The summed E-state index contributed by atoms with van der Waals surface area (Å²) in [4.78, 5) is 14.8. The maximum Gasteiger partial charge on any atom is 0.170 e. The maximum absolute atomic E-state index is 13.3. The van der Waals surface area contributed by atoms with Crippen molar-refractivity contribution in [1.29, 1.82) is 0 Å². The fourth-order valence-electron chi connectivity index (χ4n) is 3.71. The highest BCUT2D eigenvalue weighted by atomic mass is 19.1. The number of piperidine rings is 1. The van der Waals surface area contributed by atoms with E-state index in [9.17, 15) is 9.18 Å². The summed E-state index contributed by atoms with van der Waals surface area (Å²) < 4.78 is 19.5. The highest BCUT2D eigenvalue weighted by Crippen LogP contribution is 2.39. The third-order valence-corrected chi connectivity index (χ3v) is 5.07. The van der Waals surface area contributed by atoms with Crippen LogP contribution in [0.4, 0.5) is 4.39 Å². The molecule has 2 heterocycles. The second kappa shape index (κ2) is 6.02. The van der Waals surface area contributed by atoms with Gasteiger partial charge in [-0.1, -0.05) is 30.3 Å². The van der Waals surface area contributed by atoms with E-state index in [1.54, 1.807) is 6.07 Å². The first-order valence-corrected chi connectivity index (χ1v) is 8.42. The molecule has 0 radical (unpaired) electrons. The van der Waals surface area contributed by atoms with Crippen molar-refractivity contribution >= 4 is 5.78 Å². The van der Waals surface area contributed by atoms with E-state index in [1.165, 1.54) is 17.7 Å². The zero-order valence-corrected chi connectivity index (χ0v) is 13.5. The molecule has 2 aromatic rings. The van der Waals surface area contributed by atoms with Crippen molar-refractivity contribution in [1.82, 2.24) is 4.90 Å². The second-order valence-corrected chi connectivity index (χ2v) is 6.79. The number of benzene rings is 2. The average Bonchev–Trinajstić information content (AvgIpc) is 2.59. The Morgan fingerprint density at radius 2 is 1.83 bits per heavy atom. The van der Waals surface area contributed by atoms with Crippen LogP contribution in [0.3, 0.4) is 0 Å². The Morgan fingerprint density at radius 3 is 2.58 bits per heavy atom. The number of hydrogen-bond donors (Lipinski definition) is 0. The molecule has 24 heavy (non-hydrogen) atoms. The van der Waals surface area contributed by atoms with Crippen LogP contribution in [0.5, 0.6) is 5.75 Å². The fourth-order valence-corrected chi connectivity index (χ4v) is 3.71. The molecule has 4 rings (SSSR count). The van der Waals surface area contributed by atoms with E-state index >= 15 is 0 Å². The van der Waals surface area contributed by atoms with E-state index in [0.717, 1.165) is 32.5 Å². The standard InChI is InChI=1S/C20H20FNO2/c21-16-6-7-19-17(12-16)18(23)13-20(24-19)8-10-22(11-9-20)14-15-4-2-1-3-5-15/h1-7,12H,8-11,13-14H2. The molecule has 0 aliphatic carbocycles. The van der Waals surface area contributed by atoms with Gasteiger partial charge in [-0.3, -0.25) is 9.69 Å². The molecule has 0 N–H and O–H groups in total. The van der Waals surface area contributed by atoms with Gasteiger partial charge in [0.2, 0.25) is 0 Å². The van der Waals surface area contributed by atoms with Crippen LogP contribution in [0.2, 0.25) is 0 Å². The summed E-state index contributed by atoms with van der Waals surface area (Å²) in [5.41, 5.74) is 1.26. The smallest absolute Gasteiger partial charge is 0.170 e. The van der Waals surface area contributed by atoms with Crippen molar-refractivity contribution in [2.45, 2.75) is 31.4 Å². The largest absolute Gasteiger partial charge is 0.486 e. The van der Waals surface area contributed by atoms with Gasteiger partial charge >= 0.3 is 0 Å². The molecule has 2 aliphatic heterocycles. The lowest BCUT2D eigenvalue weighted by molar-refractivity contribution is -0.0108. The number of ketones is 1. The van der Waals surface area contributed by atoms with Crippen molar-refractivity contribution in [3.8, 4) is 5.75 Å². The number of rotatable bonds is 2. The topological polar surface area (TPSA) is 29.5 Å². The Kier molecular flexibility index (Phi) is 3.85. The molecule has 1 saturated heterocycles. The third kappa shape index (κ3) is 2.94. The maximum atomic E-state index is 13.3. The van der Waals surface area contributed by atoms with Crippen LogP contribution < -0.4 is 4.74 Å².